The first-order valence-corrected chi connectivity index (χ1v) is 6.33. The molecule has 0 amide bonds. The van der Waals surface area contributed by atoms with Gasteiger partial charge in [0.25, 0.3) is 0 Å². The molecule has 2 heterocycles. The topological polar surface area (TPSA) is 93.7 Å². The van der Waals surface area contributed by atoms with Gasteiger partial charge in [-0.1, -0.05) is 0 Å². The van der Waals surface area contributed by atoms with Crippen molar-refractivity contribution in [3.05, 3.63) is 12.3 Å². The third-order valence-corrected chi connectivity index (χ3v) is 3.09. The fraction of sp³-hybridized carbons (Fsp3) is 0.667. The van der Waals surface area contributed by atoms with E-state index in [2.05, 4.69) is 9.97 Å². The SMILES string of the molecule is COCCO[C@@H]1CCN(c2nccc(N)n2)C[C@@H]1O. The lowest BCUT2D eigenvalue weighted by Gasteiger charge is -2.35. The Morgan fingerprint density at radius 1 is 1.53 bits per heavy atom. The van der Waals surface area contributed by atoms with Crippen molar-refractivity contribution in [2.75, 3.05) is 44.0 Å². The van der Waals surface area contributed by atoms with E-state index in [-0.39, 0.29) is 6.10 Å². The maximum atomic E-state index is 10.1. The highest BCUT2D eigenvalue weighted by atomic mass is 16.5. The van der Waals surface area contributed by atoms with Crippen LogP contribution >= 0.6 is 0 Å². The van der Waals surface area contributed by atoms with E-state index in [0.717, 1.165) is 13.0 Å². The second kappa shape index (κ2) is 6.65. The summed E-state index contributed by atoms with van der Waals surface area (Å²) in [5, 5.41) is 10.1. The van der Waals surface area contributed by atoms with E-state index >= 15 is 0 Å². The molecule has 1 saturated heterocycles. The molecule has 1 aromatic heterocycles. The number of piperidine rings is 1. The highest BCUT2D eigenvalue weighted by molar-refractivity contribution is 5.38. The second-order valence-electron chi connectivity index (χ2n) is 4.49. The molecule has 3 N–H and O–H groups in total. The number of aliphatic hydroxyl groups is 1. The lowest BCUT2D eigenvalue weighted by atomic mass is 10.1. The molecule has 0 radical (unpaired) electrons. The zero-order valence-electron chi connectivity index (χ0n) is 11.0. The van der Waals surface area contributed by atoms with Crippen molar-refractivity contribution in [1.29, 1.82) is 0 Å². The molecule has 1 aliphatic rings. The molecule has 19 heavy (non-hydrogen) atoms. The van der Waals surface area contributed by atoms with E-state index in [4.69, 9.17) is 15.2 Å². The van der Waals surface area contributed by atoms with Crippen LogP contribution in [0.1, 0.15) is 6.42 Å². The van der Waals surface area contributed by atoms with Gasteiger partial charge in [0, 0.05) is 26.4 Å². The number of aliphatic hydroxyl groups excluding tert-OH is 1. The standard InChI is InChI=1S/C12H20N4O3/c1-18-6-7-19-10-3-5-16(8-9(10)17)12-14-4-2-11(13)15-12/h2,4,9-10,17H,3,5-8H2,1H3,(H2,13,14,15)/t9-,10+/m0/s1. The Morgan fingerprint density at radius 3 is 3.05 bits per heavy atom. The van der Waals surface area contributed by atoms with Crippen LogP contribution in [-0.2, 0) is 9.47 Å². The summed E-state index contributed by atoms with van der Waals surface area (Å²) in [5.74, 6) is 0.979. The number of nitrogens with two attached hydrogens (primary N) is 1. The van der Waals surface area contributed by atoms with Gasteiger partial charge < -0.3 is 25.2 Å². The Kier molecular flexibility index (Phi) is 4.89. The molecule has 1 aromatic rings. The van der Waals surface area contributed by atoms with E-state index in [1.165, 1.54) is 0 Å². The summed E-state index contributed by atoms with van der Waals surface area (Å²) in [7, 11) is 1.62. The fourth-order valence-corrected chi connectivity index (χ4v) is 2.08. The van der Waals surface area contributed by atoms with Gasteiger partial charge >= 0.3 is 0 Å². The van der Waals surface area contributed by atoms with Crippen LogP contribution < -0.4 is 10.6 Å². The van der Waals surface area contributed by atoms with Gasteiger partial charge in [-0.2, -0.15) is 4.98 Å². The van der Waals surface area contributed by atoms with Gasteiger partial charge in [-0.3, -0.25) is 0 Å². The van der Waals surface area contributed by atoms with Gasteiger partial charge in [0.2, 0.25) is 5.95 Å². The van der Waals surface area contributed by atoms with Crippen molar-refractivity contribution in [1.82, 2.24) is 9.97 Å². The minimum atomic E-state index is -0.560. The lowest BCUT2D eigenvalue weighted by Crippen LogP contribution is -2.48. The molecule has 1 aliphatic heterocycles. The van der Waals surface area contributed by atoms with Gasteiger partial charge in [-0.05, 0) is 12.5 Å². The summed E-state index contributed by atoms with van der Waals surface area (Å²) in [4.78, 5) is 10.2. The van der Waals surface area contributed by atoms with Crippen LogP contribution in [0.2, 0.25) is 0 Å². The smallest absolute Gasteiger partial charge is 0.227 e. The van der Waals surface area contributed by atoms with Crippen molar-refractivity contribution in [3.8, 4) is 0 Å². The van der Waals surface area contributed by atoms with Crippen molar-refractivity contribution in [3.63, 3.8) is 0 Å². The van der Waals surface area contributed by atoms with Crippen molar-refractivity contribution in [2.45, 2.75) is 18.6 Å². The molecule has 106 valence electrons. The zero-order valence-corrected chi connectivity index (χ0v) is 11.0. The largest absolute Gasteiger partial charge is 0.389 e. The summed E-state index contributed by atoms with van der Waals surface area (Å²) < 4.78 is 10.5. The number of nitrogens with zero attached hydrogens (tertiary/aromatic N) is 3. The molecule has 0 aliphatic carbocycles. The Labute approximate surface area is 112 Å². The molecule has 0 saturated carbocycles. The highest BCUT2D eigenvalue weighted by Gasteiger charge is 2.29. The Hall–Kier alpha value is -1.44. The first kappa shape index (κ1) is 14.0. The van der Waals surface area contributed by atoms with E-state index in [1.54, 1.807) is 19.4 Å². The minimum absolute atomic E-state index is 0.160. The second-order valence-corrected chi connectivity index (χ2v) is 4.49. The van der Waals surface area contributed by atoms with Crippen LogP contribution in [0.4, 0.5) is 11.8 Å². The summed E-state index contributed by atoms with van der Waals surface area (Å²) in [5.41, 5.74) is 5.63. The molecule has 2 atom stereocenters. The van der Waals surface area contributed by atoms with Crippen LogP contribution in [0.5, 0.6) is 0 Å². The number of aromatic nitrogens is 2. The molecule has 0 unspecified atom stereocenters. The normalized spacial score (nSPS) is 23.6. The maximum absolute atomic E-state index is 10.1. The van der Waals surface area contributed by atoms with Crippen LogP contribution in [-0.4, -0.2) is 60.7 Å². The molecule has 0 spiro atoms. The highest BCUT2D eigenvalue weighted by Crippen LogP contribution is 2.19. The van der Waals surface area contributed by atoms with Crippen molar-refractivity contribution < 1.29 is 14.6 Å². The van der Waals surface area contributed by atoms with Gasteiger partial charge in [-0.15, -0.1) is 0 Å². The van der Waals surface area contributed by atoms with E-state index < -0.39 is 6.10 Å². The number of hydrogen-bond donors (Lipinski definition) is 2. The van der Waals surface area contributed by atoms with Crippen LogP contribution in [0, 0.1) is 0 Å². The van der Waals surface area contributed by atoms with Crippen molar-refractivity contribution in [2.24, 2.45) is 0 Å². The number of nitrogen functional groups attached to an aromatic ring is 1. The maximum Gasteiger partial charge on any atom is 0.227 e. The third kappa shape index (κ3) is 3.76. The summed E-state index contributed by atoms with van der Waals surface area (Å²) >= 11 is 0. The van der Waals surface area contributed by atoms with Crippen molar-refractivity contribution >= 4 is 11.8 Å². The number of β-amino-alcohol motifs (C(OH)–C–C–N with tert-alkyl or cyclic N) is 1. The predicted octanol–water partition coefficient (Wildman–Crippen LogP) is -0.339. The number of ether oxygens (including phenoxy) is 2. The summed E-state index contributed by atoms with van der Waals surface area (Å²) in [6.45, 7) is 2.21. The Morgan fingerprint density at radius 2 is 2.37 bits per heavy atom. The van der Waals surface area contributed by atoms with Crippen LogP contribution in [0.15, 0.2) is 12.3 Å². The van der Waals surface area contributed by atoms with E-state index in [9.17, 15) is 5.11 Å². The number of anilines is 2. The number of rotatable bonds is 5. The summed E-state index contributed by atoms with van der Waals surface area (Å²) in [6, 6.07) is 1.64. The molecule has 0 bridgehead atoms. The first-order valence-electron chi connectivity index (χ1n) is 6.33. The van der Waals surface area contributed by atoms with Gasteiger partial charge in [0.1, 0.15) is 5.82 Å². The third-order valence-electron chi connectivity index (χ3n) is 3.09. The lowest BCUT2D eigenvalue weighted by molar-refractivity contribution is -0.0593. The zero-order chi connectivity index (χ0) is 13.7. The fourth-order valence-electron chi connectivity index (χ4n) is 2.08. The first-order chi connectivity index (χ1) is 9.20. The Bertz CT molecular complexity index is 404. The van der Waals surface area contributed by atoms with Gasteiger partial charge in [0.05, 0.1) is 25.4 Å². The number of hydrogen-bond acceptors (Lipinski definition) is 7. The Balaban J connectivity index is 1.89. The summed E-state index contributed by atoms with van der Waals surface area (Å²) in [6.07, 6.45) is 1.62. The predicted molar refractivity (Wildman–Crippen MR) is 70.9 cm³/mol. The van der Waals surface area contributed by atoms with Crippen LogP contribution in [0.25, 0.3) is 0 Å². The quantitative estimate of drug-likeness (QED) is 0.706. The number of methoxy groups -OCH3 is 1. The monoisotopic (exact) mass is 268 g/mol. The van der Waals surface area contributed by atoms with Gasteiger partial charge in [-0.25, -0.2) is 4.98 Å². The molecule has 0 aromatic carbocycles. The molecule has 1 fully saturated rings. The molecule has 7 heteroatoms. The average molecular weight is 268 g/mol. The minimum Gasteiger partial charge on any atom is -0.389 e. The molecule has 7 nitrogen and oxygen atoms in total. The molecular weight excluding hydrogens is 248 g/mol. The van der Waals surface area contributed by atoms with Gasteiger partial charge in [0.15, 0.2) is 0 Å². The van der Waals surface area contributed by atoms with E-state index in [0.29, 0.717) is 31.5 Å². The average Bonchev–Trinajstić information content (AvgIpc) is 2.41. The molecule has 2 rings (SSSR count). The van der Waals surface area contributed by atoms with E-state index in [1.807, 2.05) is 4.90 Å². The van der Waals surface area contributed by atoms with Crippen LogP contribution in [0.3, 0.4) is 0 Å². The molecular formula is C12H20N4O3.